The average molecular weight is 318 g/mol. The minimum absolute atomic E-state index is 0.0317. The lowest BCUT2D eigenvalue weighted by Gasteiger charge is -2.22. The molecule has 1 N–H and O–H groups in total. The highest BCUT2D eigenvalue weighted by atomic mass is 35.5. The van der Waals surface area contributed by atoms with Crippen molar-refractivity contribution in [3.63, 3.8) is 0 Å². The average Bonchev–Trinajstić information content (AvgIpc) is 2.27. The van der Waals surface area contributed by atoms with Crippen molar-refractivity contribution in [2.45, 2.75) is 53.1 Å². The van der Waals surface area contributed by atoms with Crippen molar-refractivity contribution in [3.8, 4) is 5.75 Å². The van der Waals surface area contributed by atoms with Crippen LogP contribution in [0, 0.1) is 5.92 Å². The van der Waals surface area contributed by atoms with Crippen molar-refractivity contribution in [1.29, 1.82) is 0 Å². The first kappa shape index (κ1) is 17.6. The number of ether oxygens (including phenoxy) is 1. The van der Waals surface area contributed by atoms with Gasteiger partial charge in [-0.15, -0.1) is 0 Å². The monoisotopic (exact) mass is 317 g/mol. The van der Waals surface area contributed by atoms with Crippen LogP contribution < -0.4 is 10.1 Å². The van der Waals surface area contributed by atoms with Crippen LogP contribution in [0.2, 0.25) is 10.0 Å². The second-order valence-corrected chi connectivity index (χ2v) is 7.35. The summed E-state index contributed by atoms with van der Waals surface area (Å²) in [5.74, 6) is 1.35. The van der Waals surface area contributed by atoms with Gasteiger partial charge in [0, 0.05) is 22.7 Å². The van der Waals surface area contributed by atoms with Crippen LogP contribution in [0.15, 0.2) is 12.1 Å². The Bertz CT molecular complexity index is 439. The van der Waals surface area contributed by atoms with Gasteiger partial charge in [0.05, 0.1) is 11.6 Å². The highest BCUT2D eigenvalue weighted by Gasteiger charge is 2.14. The molecule has 0 unspecified atom stereocenters. The van der Waals surface area contributed by atoms with Crippen LogP contribution in [0.25, 0.3) is 0 Å². The molecule has 1 aromatic carbocycles. The maximum absolute atomic E-state index is 6.26. The molecular weight excluding hydrogens is 293 g/mol. The Morgan fingerprint density at radius 2 is 1.85 bits per heavy atom. The molecule has 2 nitrogen and oxygen atoms in total. The highest BCUT2D eigenvalue weighted by molar-refractivity contribution is 6.35. The molecule has 1 aromatic rings. The number of nitrogens with one attached hydrogen (secondary N) is 1. The first-order valence-corrected chi connectivity index (χ1v) is 7.80. The molecule has 114 valence electrons. The van der Waals surface area contributed by atoms with Crippen molar-refractivity contribution in [2.75, 3.05) is 6.61 Å². The van der Waals surface area contributed by atoms with Crippen LogP contribution in [0.4, 0.5) is 0 Å². The van der Waals surface area contributed by atoms with Gasteiger partial charge in [-0.1, -0.05) is 37.0 Å². The summed E-state index contributed by atoms with van der Waals surface area (Å²) in [5.41, 5.74) is 1.03. The van der Waals surface area contributed by atoms with Gasteiger partial charge in [0.2, 0.25) is 0 Å². The first-order chi connectivity index (χ1) is 9.19. The van der Waals surface area contributed by atoms with Crippen molar-refractivity contribution in [2.24, 2.45) is 5.92 Å². The summed E-state index contributed by atoms with van der Waals surface area (Å²) in [6.07, 6.45) is 1.01. The van der Waals surface area contributed by atoms with E-state index in [1.165, 1.54) is 0 Å². The number of benzene rings is 1. The lowest BCUT2D eigenvalue weighted by atomic mass is 10.1. The zero-order valence-electron chi connectivity index (χ0n) is 13.0. The van der Waals surface area contributed by atoms with Gasteiger partial charge in [0.15, 0.2) is 0 Å². The molecule has 0 bridgehead atoms. The van der Waals surface area contributed by atoms with Gasteiger partial charge in [-0.05, 0) is 45.2 Å². The van der Waals surface area contributed by atoms with E-state index in [9.17, 15) is 0 Å². The molecular formula is C16H25Cl2NO. The first-order valence-electron chi connectivity index (χ1n) is 7.05. The molecule has 0 radical (unpaired) electrons. The Kier molecular flexibility index (Phi) is 6.63. The molecule has 0 saturated carbocycles. The minimum Gasteiger partial charge on any atom is -0.492 e. The third-order valence-electron chi connectivity index (χ3n) is 2.84. The smallest absolute Gasteiger partial charge is 0.142 e. The van der Waals surface area contributed by atoms with Gasteiger partial charge in [-0.25, -0.2) is 0 Å². The molecule has 0 saturated heterocycles. The van der Waals surface area contributed by atoms with Gasteiger partial charge in [-0.3, -0.25) is 0 Å². The zero-order chi connectivity index (χ0) is 15.3. The maximum atomic E-state index is 6.26. The molecule has 0 amide bonds. The molecule has 20 heavy (non-hydrogen) atoms. The van der Waals surface area contributed by atoms with Gasteiger partial charge >= 0.3 is 0 Å². The summed E-state index contributed by atoms with van der Waals surface area (Å²) in [6.45, 7) is 12.1. The maximum Gasteiger partial charge on any atom is 0.142 e. The number of rotatable bonds is 6. The summed E-state index contributed by atoms with van der Waals surface area (Å²) in [5, 5.41) is 4.65. The van der Waals surface area contributed by atoms with E-state index in [2.05, 4.69) is 39.9 Å². The molecule has 0 heterocycles. The SMILES string of the molecule is CC(C)CCOc1c(Cl)cc(Cl)cc1CNC(C)(C)C. The molecule has 0 aliphatic carbocycles. The van der Waals surface area contributed by atoms with Crippen LogP contribution in [0.5, 0.6) is 5.75 Å². The van der Waals surface area contributed by atoms with Gasteiger partial charge in [-0.2, -0.15) is 0 Å². The molecule has 0 aromatic heterocycles. The Labute approximate surface area is 132 Å². The third kappa shape index (κ3) is 6.34. The fraction of sp³-hybridized carbons (Fsp3) is 0.625. The summed E-state index contributed by atoms with van der Waals surface area (Å²) >= 11 is 12.4. The second-order valence-electron chi connectivity index (χ2n) is 6.51. The van der Waals surface area contributed by atoms with Gasteiger partial charge in [0.1, 0.15) is 5.75 Å². The van der Waals surface area contributed by atoms with Gasteiger partial charge < -0.3 is 10.1 Å². The van der Waals surface area contributed by atoms with E-state index < -0.39 is 0 Å². The second kappa shape index (κ2) is 7.53. The van der Waals surface area contributed by atoms with Crippen LogP contribution in [0.3, 0.4) is 0 Å². The molecule has 4 heteroatoms. The molecule has 0 spiro atoms. The number of hydrogen-bond donors (Lipinski definition) is 1. The number of halogens is 2. The fourth-order valence-electron chi connectivity index (χ4n) is 1.66. The van der Waals surface area contributed by atoms with E-state index in [0.717, 1.165) is 17.7 Å². The molecule has 0 fully saturated rings. The van der Waals surface area contributed by atoms with Crippen LogP contribution >= 0.6 is 23.2 Å². The minimum atomic E-state index is 0.0317. The summed E-state index contributed by atoms with van der Waals surface area (Å²) in [6, 6.07) is 3.64. The summed E-state index contributed by atoms with van der Waals surface area (Å²) < 4.78 is 5.87. The quantitative estimate of drug-likeness (QED) is 0.768. The Morgan fingerprint density at radius 1 is 1.20 bits per heavy atom. The zero-order valence-corrected chi connectivity index (χ0v) is 14.5. The molecule has 0 aliphatic heterocycles. The van der Waals surface area contributed by atoms with E-state index >= 15 is 0 Å². The third-order valence-corrected chi connectivity index (χ3v) is 3.34. The predicted octanol–water partition coefficient (Wildman–Crippen LogP) is 5.31. The van der Waals surface area contributed by atoms with Crippen LogP contribution in [0.1, 0.15) is 46.6 Å². The van der Waals surface area contributed by atoms with Crippen molar-refractivity contribution < 1.29 is 4.74 Å². The topological polar surface area (TPSA) is 21.3 Å². The summed E-state index contributed by atoms with van der Waals surface area (Å²) in [4.78, 5) is 0. The van der Waals surface area contributed by atoms with E-state index in [-0.39, 0.29) is 5.54 Å². The van der Waals surface area contributed by atoms with Crippen molar-refractivity contribution >= 4 is 23.2 Å². The lowest BCUT2D eigenvalue weighted by Crippen LogP contribution is -2.35. The van der Waals surface area contributed by atoms with Crippen molar-refractivity contribution in [3.05, 3.63) is 27.7 Å². The highest BCUT2D eigenvalue weighted by Crippen LogP contribution is 2.33. The predicted molar refractivity (Wildman–Crippen MR) is 88.0 cm³/mol. The fourth-order valence-corrected chi connectivity index (χ4v) is 2.25. The van der Waals surface area contributed by atoms with Crippen LogP contribution in [-0.4, -0.2) is 12.1 Å². The van der Waals surface area contributed by atoms with E-state index in [1.54, 1.807) is 6.07 Å². The molecule has 1 rings (SSSR count). The Morgan fingerprint density at radius 3 is 2.40 bits per heavy atom. The van der Waals surface area contributed by atoms with E-state index in [0.29, 0.717) is 29.1 Å². The van der Waals surface area contributed by atoms with E-state index in [1.807, 2.05) is 6.07 Å². The Balaban J connectivity index is 2.84. The molecule has 0 aliphatic rings. The van der Waals surface area contributed by atoms with Gasteiger partial charge in [0.25, 0.3) is 0 Å². The standard InChI is InChI=1S/C16H25Cl2NO/c1-11(2)6-7-20-15-12(10-19-16(3,4)5)8-13(17)9-14(15)18/h8-9,11,19H,6-7,10H2,1-5H3. The Hall–Kier alpha value is -0.440. The number of hydrogen-bond acceptors (Lipinski definition) is 2. The van der Waals surface area contributed by atoms with E-state index in [4.69, 9.17) is 27.9 Å². The largest absolute Gasteiger partial charge is 0.492 e. The molecule has 0 atom stereocenters. The van der Waals surface area contributed by atoms with Crippen LogP contribution in [-0.2, 0) is 6.54 Å². The lowest BCUT2D eigenvalue weighted by molar-refractivity contribution is 0.285. The van der Waals surface area contributed by atoms with Crippen molar-refractivity contribution in [1.82, 2.24) is 5.32 Å². The normalized spacial score (nSPS) is 12.0. The summed E-state index contributed by atoms with van der Waals surface area (Å²) in [7, 11) is 0.